The second kappa shape index (κ2) is 5.82. The first-order valence-electron chi connectivity index (χ1n) is 4.44. The normalized spacial score (nSPS) is 18.9. The quantitative estimate of drug-likeness (QED) is 0.698. The minimum absolute atomic E-state index is 0.0811. The van der Waals surface area contributed by atoms with Gasteiger partial charge in [-0.25, -0.2) is 8.42 Å². The monoisotopic (exact) mass is 241 g/mol. The predicted molar refractivity (Wildman–Crippen MR) is 60.7 cm³/mol. The number of hydrogen-bond donors (Lipinski definition) is 1. The second-order valence-electron chi connectivity index (χ2n) is 3.80. The van der Waals surface area contributed by atoms with Gasteiger partial charge in [-0.05, 0) is 13.8 Å². The summed E-state index contributed by atoms with van der Waals surface area (Å²) >= 11 is 0. The summed E-state index contributed by atoms with van der Waals surface area (Å²) in [6.07, 6.45) is 2.85. The molecule has 3 unspecified atom stereocenters. The summed E-state index contributed by atoms with van der Waals surface area (Å²) in [5.74, 6) is 0.668. The van der Waals surface area contributed by atoms with Gasteiger partial charge < -0.3 is 5.32 Å². The maximum atomic E-state index is 10.9. The van der Waals surface area contributed by atoms with Crippen molar-refractivity contribution in [2.45, 2.75) is 25.9 Å². The highest BCUT2D eigenvalue weighted by molar-refractivity contribution is 7.90. The molecule has 4 nitrogen and oxygen atoms in total. The molecule has 0 aromatic heterocycles. The van der Waals surface area contributed by atoms with Crippen LogP contribution in [0, 0.1) is 0 Å². The van der Waals surface area contributed by atoms with Crippen LogP contribution in [0.4, 0.5) is 0 Å². The highest BCUT2D eigenvalue weighted by atomic mass is 32.2. The van der Waals surface area contributed by atoms with Gasteiger partial charge in [-0.2, -0.15) is 0 Å². The molecule has 0 heterocycles. The van der Waals surface area contributed by atoms with Gasteiger partial charge in [0.2, 0.25) is 0 Å². The summed E-state index contributed by atoms with van der Waals surface area (Å²) in [5.41, 5.74) is 0. The molecule has 0 aromatic rings. The number of rotatable bonds is 6. The summed E-state index contributed by atoms with van der Waals surface area (Å²) in [6.45, 7) is 3.72. The van der Waals surface area contributed by atoms with Crippen LogP contribution < -0.4 is 5.32 Å². The van der Waals surface area contributed by atoms with Crippen LogP contribution in [-0.2, 0) is 20.6 Å². The summed E-state index contributed by atoms with van der Waals surface area (Å²) in [5, 5.41) is 3.10. The van der Waals surface area contributed by atoms with Crippen molar-refractivity contribution in [2.75, 3.05) is 24.0 Å². The van der Waals surface area contributed by atoms with Gasteiger partial charge in [0.25, 0.3) is 0 Å². The van der Waals surface area contributed by atoms with Crippen LogP contribution in [0.15, 0.2) is 0 Å². The summed E-state index contributed by atoms with van der Waals surface area (Å²) in [4.78, 5) is 0. The molecule has 86 valence electrons. The zero-order chi connectivity index (χ0) is 11.4. The zero-order valence-corrected chi connectivity index (χ0v) is 10.7. The fourth-order valence-corrected chi connectivity index (χ4v) is 3.19. The van der Waals surface area contributed by atoms with Gasteiger partial charge in [0.05, 0.1) is 5.75 Å². The van der Waals surface area contributed by atoms with E-state index < -0.39 is 20.6 Å². The van der Waals surface area contributed by atoms with E-state index in [1.807, 2.05) is 13.8 Å². The van der Waals surface area contributed by atoms with E-state index in [0.717, 1.165) is 0 Å². The molecule has 0 amide bonds. The van der Waals surface area contributed by atoms with E-state index in [-0.39, 0.29) is 17.8 Å². The predicted octanol–water partition coefficient (Wildman–Crippen LogP) is -0.224. The Morgan fingerprint density at radius 1 is 1.29 bits per heavy atom. The lowest BCUT2D eigenvalue weighted by atomic mass is 10.3. The standard InChI is InChI=1S/C8H19NO3S2/c1-7(5-13(3)10)9-8(2)6-14(4,11)12/h7-9H,5-6H2,1-4H3. The van der Waals surface area contributed by atoms with Gasteiger partial charge in [-0.1, -0.05) is 0 Å². The van der Waals surface area contributed by atoms with Gasteiger partial charge in [0, 0.05) is 41.1 Å². The fraction of sp³-hybridized carbons (Fsp3) is 1.00. The topological polar surface area (TPSA) is 63.2 Å². The van der Waals surface area contributed by atoms with Crippen molar-refractivity contribution < 1.29 is 12.6 Å². The van der Waals surface area contributed by atoms with Crippen molar-refractivity contribution in [3.63, 3.8) is 0 Å². The lowest BCUT2D eigenvalue weighted by molar-refractivity contribution is 0.513. The number of hydrogen-bond acceptors (Lipinski definition) is 4. The summed E-state index contributed by atoms with van der Waals surface area (Å²) < 4.78 is 32.8. The molecular weight excluding hydrogens is 222 g/mol. The fourth-order valence-electron chi connectivity index (χ4n) is 1.39. The lowest BCUT2D eigenvalue weighted by Gasteiger charge is -2.18. The molecule has 0 aromatic carbocycles. The third-order valence-electron chi connectivity index (χ3n) is 1.61. The average molecular weight is 241 g/mol. The van der Waals surface area contributed by atoms with Crippen LogP contribution in [0.3, 0.4) is 0 Å². The average Bonchev–Trinajstić information content (AvgIpc) is 1.77. The Hall–Kier alpha value is 0.0600. The molecule has 6 heteroatoms. The first kappa shape index (κ1) is 14.1. The van der Waals surface area contributed by atoms with E-state index in [4.69, 9.17) is 0 Å². The minimum atomic E-state index is -2.94. The first-order valence-corrected chi connectivity index (χ1v) is 8.23. The van der Waals surface area contributed by atoms with Crippen LogP contribution in [0.1, 0.15) is 13.8 Å². The van der Waals surface area contributed by atoms with Gasteiger partial charge in [-0.3, -0.25) is 4.21 Å². The summed E-state index contributed by atoms with van der Waals surface area (Å²) in [6, 6.07) is -0.0128. The maximum absolute atomic E-state index is 10.9. The number of nitrogens with one attached hydrogen (secondary N) is 1. The molecular formula is C8H19NO3S2. The molecule has 0 saturated carbocycles. The second-order valence-corrected chi connectivity index (χ2v) is 7.47. The van der Waals surface area contributed by atoms with Crippen molar-refractivity contribution in [3.05, 3.63) is 0 Å². The molecule has 0 fully saturated rings. The Bertz CT molecular complexity index is 287. The van der Waals surface area contributed by atoms with Crippen molar-refractivity contribution in [1.29, 1.82) is 0 Å². The van der Waals surface area contributed by atoms with E-state index in [1.54, 1.807) is 6.26 Å². The van der Waals surface area contributed by atoms with Gasteiger partial charge in [0.1, 0.15) is 9.84 Å². The van der Waals surface area contributed by atoms with Crippen LogP contribution in [0.2, 0.25) is 0 Å². The van der Waals surface area contributed by atoms with E-state index in [0.29, 0.717) is 5.75 Å². The highest BCUT2D eigenvalue weighted by Crippen LogP contribution is 1.94. The first-order chi connectivity index (χ1) is 6.20. The smallest absolute Gasteiger partial charge is 0.148 e. The van der Waals surface area contributed by atoms with Crippen molar-refractivity contribution in [3.8, 4) is 0 Å². The molecule has 0 aliphatic rings. The zero-order valence-electron chi connectivity index (χ0n) is 9.11. The van der Waals surface area contributed by atoms with Crippen molar-refractivity contribution in [1.82, 2.24) is 5.32 Å². The molecule has 1 N–H and O–H groups in total. The molecule has 0 spiro atoms. The minimum Gasteiger partial charge on any atom is -0.310 e. The van der Waals surface area contributed by atoms with Gasteiger partial charge in [-0.15, -0.1) is 0 Å². The van der Waals surface area contributed by atoms with Gasteiger partial charge in [0.15, 0.2) is 0 Å². The molecule has 0 radical (unpaired) electrons. The molecule has 14 heavy (non-hydrogen) atoms. The third-order valence-corrected chi connectivity index (χ3v) is 3.68. The Morgan fingerprint density at radius 2 is 1.79 bits per heavy atom. The van der Waals surface area contributed by atoms with Crippen LogP contribution in [-0.4, -0.2) is 48.7 Å². The Labute approximate surface area is 88.8 Å². The Balaban J connectivity index is 3.94. The van der Waals surface area contributed by atoms with E-state index in [1.165, 1.54) is 6.26 Å². The molecule has 0 aliphatic carbocycles. The third kappa shape index (κ3) is 8.65. The molecule has 0 rings (SSSR count). The van der Waals surface area contributed by atoms with Crippen LogP contribution >= 0.6 is 0 Å². The molecule has 0 saturated heterocycles. The largest absolute Gasteiger partial charge is 0.310 e. The highest BCUT2D eigenvalue weighted by Gasteiger charge is 2.13. The SMILES string of the molecule is CC(CS(C)=O)NC(C)CS(C)(=O)=O. The van der Waals surface area contributed by atoms with E-state index >= 15 is 0 Å². The molecule has 0 bridgehead atoms. The maximum Gasteiger partial charge on any atom is 0.148 e. The van der Waals surface area contributed by atoms with E-state index in [2.05, 4.69) is 5.32 Å². The Kier molecular flexibility index (Phi) is 5.85. The molecule has 3 atom stereocenters. The summed E-state index contributed by atoms with van der Waals surface area (Å²) in [7, 11) is -3.78. The van der Waals surface area contributed by atoms with Crippen molar-refractivity contribution in [2.24, 2.45) is 0 Å². The van der Waals surface area contributed by atoms with Crippen LogP contribution in [0.25, 0.3) is 0 Å². The lowest BCUT2D eigenvalue weighted by Crippen LogP contribution is -2.41. The van der Waals surface area contributed by atoms with Crippen LogP contribution in [0.5, 0.6) is 0 Å². The van der Waals surface area contributed by atoms with E-state index in [9.17, 15) is 12.6 Å². The molecule has 0 aliphatic heterocycles. The Morgan fingerprint density at radius 3 is 2.14 bits per heavy atom. The number of sulfone groups is 1. The van der Waals surface area contributed by atoms with Gasteiger partial charge >= 0.3 is 0 Å². The van der Waals surface area contributed by atoms with Crippen molar-refractivity contribution >= 4 is 20.6 Å².